The van der Waals surface area contributed by atoms with Gasteiger partial charge in [-0.05, 0) is 24.6 Å². The molecule has 0 spiro atoms. The van der Waals surface area contributed by atoms with Crippen LogP contribution in [-0.2, 0) is 10.6 Å². The molecule has 0 aliphatic carbocycles. The second-order valence-corrected chi connectivity index (χ2v) is 4.97. The first-order valence-electron chi connectivity index (χ1n) is 6.33. The van der Waals surface area contributed by atoms with E-state index < -0.39 is 0 Å². The van der Waals surface area contributed by atoms with Crippen molar-refractivity contribution in [3.63, 3.8) is 0 Å². The number of pyridine rings is 1. The molecule has 4 heteroatoms. The lowest BCUT2D eigenvalue weighted by Gasteiger charge is -2.26. The van der Waals surface area contributed by atoms with Crippen LogP contribution < -0.4 is 4.90 Å². The maximum Gasteiger partial charge on any atom is 0.129 e. The van der Waals surface area contributed by atoms with Crippen LogP contribution in [0.3, 0.4) is 0 Å². The van der Waals surface area contributed by atoms with E-state index in [9.17, 15) is 0 Å². The number of hydrogen-bond acceptors (Lipinski definition) is 3. The van der Waals surface area contributed by atoms with E-state index in [1.807, 2.05) is 25.2 Å². The zero-order valence-electron chi connectivity index (χ0n) is 11.6. The van der Waals surface area contributed by atoms with Crippen molar-refractivity contribution in [2.45, 2.75) is 18.8 Å². The fourth-order valence-corrected chi connectivity index (χ4v) is 2.32. The summed E-state index contributed by atoms with van der Waals surface area (Å²) in [4.78, 5) is 6.82. The number of alkyl halides is 1. The van der Waals surface area contributed by atoms with Crippen LogP contribution >= 0.6 is 11.6 Å². The standard InChI is InChI=1S/C15H19ClN2O/c1-11(10-19-3)18(2)15-8-12(9-16)13-6-4-5-7-14(13)17-15/h4-8,11H,9-10H2,1-3H3. The molecule has 0 bridgehead atoms. The Morgan fingerprint density at radius 1 is 1.37 bits per heavy atom. The molecule has 1 aromatic heterocycles. The summed E-state index contributed by atoms with van der Waals surface area (Å²) in [5.74, 6) is 1.42. The molecular weight excluding hydrogens is 260 g/mol. The van der Waals surface area contributed by atoms with Crippen molar-refractivity contribution < 1.29 is 4.74 Å². The quantitative estimate of drug-likeness (QED) is 0.784. The predicted octanol–water partition coefficient (Wildman–Crippen LogP) is 3.44. The van der Waals surface area contributed by atoms with Gasteiger partial charge < -0.3 is 9.64 Å². The van der Waals surface area contributed by atoms with Gasteiger partial charge in [0.05, 0.1) is 18.2 Å². The van der Waals surface area contributed by atoms with E-state index in [-0.39, 0.29) is 6.04 Å². The van der Waals surface area contributed by atoms with Gasteiger partial charge in [-0.3, -0.25) is 0 Å². The van der Waals surface area contributed by atoms with E-state index in [2.05, 4.69) is 24.0 Å². The number of fused-ring (bicyclic) bond motifs is 1. The molecule has 1 atom stereocenters. The van der Waals surface area contributed by atoms with Gasteiger partial charge in [0.1, 0.15) is 5.82 Å². The largest absolute Gasteiger partial charge is 0.383 e. The number of methoxy groups -OCH3 is 1. The molecule has 0 saturated carbocycles. The second-order valence-electron chi connectivity index (χ2n) is 4.71. The van der Waals surface area contributed by atoms with Crippen LogP contribution in [0.4, 0.5) is 5.82 Å². The van der Waals surface area contributed by atoms with Gasteiger partial charge in [0.2, 0.25) is 0 Å². The maximum atomic E-state index is 6.05. The van der Waals surface area contributed by atoms with Crippen LogP contribution in [0, 0.1) is 0 Å². The van der Waals surface area contributed by atoms with Crippen molar-refractivity contribution in [1.82, 2.24) is 4.98 Å². The van der Waals surface area contributed by atoms with E-state index in [0.717, 1.165) is 22.3 Å². The number of aromatic nitrogens is 1. The maximum absolute atomic E-state index is 6.05. The Kier molecular flexibility index (Phi) is 4.61. The van der Waals surface area contributed by atoms with E-state index in [1.165, 1.54) is 0 Å². The average molecular weight is 279 g/mol. The number of rotatable bonds is 5. The van der Waals surface area contributed by atoms with Gasteiger partial charge in [-0.1, -0.05) is 18.2 Å². The lowest BCUT2D eigenvalue weighted by molar-refractivity contribution is 0.183. The molecule has 1 unspecified atom stereocenters. The second kappa shape index (κ2) is 6.22. The summed E-state index contributed by atoms with van der Waals surface area (Å²) in [6.45, 7) is 2.78. The molecule has 2 aromatic rings. The fraction of sp³-hybridized carbons (Fsp3) is 0.400. The summed E-state index contributed by atoms with van der Waals surface area (Å²) in [6, 6.07) is 10.4. The van der Waals surface area contributed by atoms with Crippen LogP contribution in [0.5, 0.6) is 0 Å². The molecule has 0 aliphatic heterocycles. The van der Waals surface area contributed by atoms with Crippen molar-refractivity contribution in [2.75, 3.05) is 25.7 Å². The van der Waals surface area contributed by atoms with Gasteiger partial charge in [0, 0.05) is 25.4 Å². The third-order valence-electron chi connectivity index (χ3n) is 3.36. The normalized spacial score (nSPS) is 12.6. The van der Waals surface area contributed by atoms with Gasteiger partial charge in [-0.15, -0.1) is 11.6 Å². The smallest absolute Gasteiger partial charge is 0.129 e. The van der Waals surface area contributed by atoms with Crippen molar-refractivity contribution >= 4 is 28.3 Å². The minimum absolute atomic E-state index is 0.266. The first-order valence-corrected chi connectivity index (χ1v) is 6.87. The van der Waals surface area contributed by atoms with E-state index in [4.69, 9.17) is 21.3 Å². The van der Waals surface area contributed by atoms with Crippen LogP contribution in [0.25, 0.3) is 10.9 Å². The molecule has 19 heavy (non-hydrogen) atoms. The van der Waals surface area contributed by atoms with Gasteiger partial charge in [0.15, 0.2) is 0 Å². The molecule has 102 valence electrons. The molecule has 1 aromatic carbocycles. The summed E-state index contributed by atoms with van der Waals surface area (Å²) >= 11 is 6.05. The summed E-state index contributed by atoms with van der Waals surface area (Å²) in [5.41, 5.74) is 2.09. The number of nitrogens with zero attached hydrogens (tertiary/aromatic N) is 2. The summed E-state index contributed by atoms with van der Waals surface area (Å²) in [5, 5.41) is 1.12. The molecule has 0 fully saturated rings. The van der Waals surface area contributed by atoms with Gasteiger partial charge in [0.25, 0.3) is 0 Å². The van der Waals surface area contributed by atoms with E-state index >= 15 is 0 Å². The third-order valence-corrected chi connectivity index (χ3v) is 3.65. The number of benzene rings is 1. The van der Waals surface area contributed by atoms with Crippen LogP contribution in [0.1, 0.15) is 12.5 Å². The summed E-state index contributed by atoms with van der Waals surface area (Å²) in [7, 11) is 3.74. The summed E-state index contributed by atoms with van der Waals surface area (Å²) < 4.78 is 5.19. The zero-order chi connectivity index (χ0) is 13.8. The lowest BCUT2D eigenvalue weighted by Crippen LogP contribution is -2.33. The molecule has 0 radical (unpaired) electrons. The minimum Gasteiger partial charge on any atom is -0.383 e. The van der Waals surface area contributed by atoms with E-state index in [0.29, 0.717) is 12.5 Å². The van der Waals surface area contributed by atoms with Crippen molar-refractivity contribution in [1.29, 1.82) is 0 Å². The lowest BCUT2D eigenvalue weighted by atomic mass is 10.1. The Bertz CT molecular complexity index is 559. The Morgan fingerprint density at radius 3 is 2.79 bits per heavy atom. The molecular formula is C15H19ClN2O. The van der Waals surface area contributed by atoms with Gasteiger partial charge in [-0.2, -0.15) is 0 Å². The highest BCUT2D eigenvalue weighted by atomic mass is 35.5. The zero-order valence-corrected chi connectivity index (χ0v) is 12.3. The Labute approximate surface area is 119 Å². The first kappa shape index (κ1) is 14.1. The van der Waals surface area contributed by atoms with Gasteiger partial charge >= 0.3 is 0 Å². The summed E-state index contributed by atoms with van der Waals surface area (Å²) in [6.07, 6.45) is 0. The Morgan fingerprint density at radius 2 is 2.11 bits per heavy atom. The third kappa shape index (κ3) is 2.99. The topological polar surface area (TPSA) is 25.4 Å². The average Bonchev–Trinajstić information content (AvgIpc) is 2.45. The predicted molar refractivity (Wildman–Crippen MR) is 81.0 cm³/mol. The Balaban J connectivity index is 2.44. The molecule has 3 nitrogen and oxygen atoms in total. The molecule has 2 rings (SSSR count). The number of anilines is 1. The highest BCUT2D eigenvalue weighted by molar-refractivity contribution is 6.18. The highest BCUT2D eigenvalue weighted by Gasteiger charge is 2.13. The molecule has 0 aliphatic rings. The van der Waals surface area contributed by atoms with Crippen molar-refractivity contribution in [3.05, 3.63) is 35.9 Å². The van der Waals surface area contributed by atoms with Crippen molar-refractivity contribution in [2.24, 2.45) is 0 Å². The fourth-order valence-electron chi connectivity index (χ4n) is 2.10. The monoisotopic (exact) mass is 278 g/mol. The minimum atomic E-state index is 0.266. The molecule has 0 N–H and O–H groups in total. The molecule has 0 amide bonds. The van der Waals surface area contributed by atoms with Crippen molar-refractivity contribution in [3.8, 4) is 0 Å². The highest BCUT2D eigenvalue weighted by Crippen LogP contribution is 2.24. The van der Waals surface area contributed by atoms with E-state index in [1.54, 1.807) is 7.11 Å². The number of hydrogen-bond donors (Lipinski definition) is 0. The number of ether oxygens (including phenoxy) is 1. The Hall–Kier alpha value is -1.32. The molecule has 1 heterocycles. The van der Waals surface area contributed by atoms with Crippen LogP contribution in [0.15, 0.2) is 30.3 Å². The number of para-hydroxylation sites is 1. The van der Waals surface area contributed by atoms with Crippen LogP contribution in [0.2, 0.25) is 0 Å². The van der Waals surface area contributed by atoms with Crippen LogP contribution in [-0.4, -0.2) is 31.8 Å². The number of halogens is 1. The number of likely N-dealkylation sites (N-methyl/N-ethyl adjacent to an activating group) is 1. The molecule has 0 saturated heterocycles. The first-order chi connectivity index (χ1) is 9.17. The SMILES string of the molecule is COCC(C)N(C)c1cc(CCl)c2ccccc2n1. The van der Waals surface area contributed by atoms with Gasteiger partial charge in [-0.25, -0.2) is 4.98 Å².